The van der Waals surface area contributed by atoms with E-state index in [-0.39, 0.29) is 0 Å². The van der Waals surface area contributed by atoms with Crippen LogP contribution in [-0.2, 0) is 13.6 Å². The van der Waals surface area contributed by atoms with Gasteiger partial charge in [-0.25, -0.2) is 0 Å². The van der Waals surface area contributed by atoms with Gasteiger partial charge in [0.2, 0.25) is 0 Å². The van der Waals surface area contributed by atoms with Crippen molar-refractivity contribution in [1.82, 2.24) is 14.7 Å². The topological polar surface area (TPSA) is 47.1 Å². The highest BCUT2D eigenvalue weighted by Crippen LogP contribution is 2.21. The lowest BCUT2D eigenvalue weighted by Crippen LogP contribution is -2.26. The number of nitrogens with two attached hydrogens (primary N) is 1. The molecule has 2 rings (SSSR count). The smallest absolute Gasteiger partial charge is 0.125 e. The Morgan fingerprint density at radius 3 is 2.93 bits per heavy atom. The summed E-state index contributed by atoms with van der Waals surface area (Å²) in [5.41, 5.74) is 7.05. The Hall–Kier alpha value is -1.03. The van der Waals surface area contributed by atoms with E-state index in [9.17, 15) is 0 Å². The normalized spacial score (nSPS) is 23.1. The highest BCUT2D eigenvalue weighted by Gasteiger charge is 2.21. The average Bonchev–Trinajstić information content (AvgIpc) is 2.68. The summed E-state index contributed by atoms with van der Waals surface area (Å²) in [4.78, 5) is 2.47. The Kier molecular flexibility index (Phi) is 2.46. The van der Waals surface area contributed by atoms with Gasteiger partial charge in [0.05, 0.1) is 6.20 Å². The van der Waals surface area contributed by atoms with Crippen molar-refractivity contribution in [3.63, 3.8) is 0 Å². The zero-order valence-electron chi connectivity index (χ0n) is 8.90. The maximum atomic E-state index is 5.90. The quantitative estimate of drug-likeness (QED) is 0.763. The number of nitrogens with zero attached hydrogens (tertiary/aromatic N) is 3. The standard InChI is InChI=1S/C10H18N4/c1-8-4-3-5-14(8)7-9-6-12-13(2)10(9)11/h6,8H,3-5,7,11H2,1-2H3. The first-order valence-corrected chi connectivity index (χ1v) is 5.19. The summed E-state index contributed by atoms with van der Waals surface area (Å²) in [5.74, 6) is 0.795. The van der Waals surface area contributed by atoms with Crippen LogP contribution in [0.3, 0.4) is 0 Å². The molecule has 0 aliphatic carbocycles. The molecule has 0 radical (unpaired) electrons. The summed E-state index contributed by atoms with van der Waals surface area (Å²) in [7, 11) is 1.88. The molecule has 4 nitrogen and oxygen atoms in total. The molecule has 4 heteroatoms. The van der Waals surface area contributed by atoms with Crippen molar-refractivity contribution in [2.24, 2.45) is 7.05 Å². The maximum Gasteiger partial charge on any atom is 0.125 e. The van der Waals surface area contributed by atoms with Crippen LogP contribution in [0.2, 0.25) is 0 Å². The van der Waals surface area contributed by atoms with Gasteiger partial charge in [-0.3, -0.25) is 9.58 Å². The second kappa shape index (κ2) is 3.61. The minimum atomic E-state index is 0.689. The summed E-state index contributed by atoms with van der Waals surface area (Å²) in [6.45, 7) is 4.41. The Balaban J connectivity index is 2.07. The second-order valence-corrected chi connectivity index (χ2v) is 4.14. The van der Waals surface area contributed by atoms with Gasteiger partial charge in [0.1, 0.15) is 5.82 Å². The molecule has 0 bridgehead atoms. The minimum absolute atomic E-state index is 0.689. The van der Waals surface area contributed by atoms with Crippen LogP contribution in [0, 0.1) is 0 Å². The highest BCUT2D eigenvalue weighted by atomic mass is 15.3. The summed E-state index contributed by atoms with van der Waals surface area (Å²) in [5, 5.41) is 4.15. The summed E-state index contributed by atoms with van der Waals surface area (Å²) < 4.78 is 1.73. The molecule has 2 N–H and O–H groups in total. The fourth-order valence-corrected chi connectivity index (χ4v) is 2.06. The molecule has 1 unspecified atom stereocenters. The lowest BCUT2D eigenvalue weighted by Gasteiger charge is -2.20. The zero-order chi connectivity index (χ0) is 10.1. The van der Waals surface area contributed by atoms with E-state index in [0.717, 1.165) is 17.9 Å². The van der Waals surface area contributed by atoms with Crippen molar-refractivity contribution in [1.29, 1.82) is 0 Å². The zero-order valence-corrected chi connectivity index (χ0v) is 8.90. The van der Waals surface area contributed by atoms with E-state index >= 15 is 0 Å². The Bertz CT molecular complexity index is 318. The number of anilines is 1. The minimum Gasteiger partial charge on any atom is -0.384 e. The number of nitrogen functional groups attached to an aromatic ring is 1. The maximum absolute atomic E-state index is 5.90. The van der Waals surface area contributed by atoms with Crippen LogP contribution in [0.4, 0.5) is 5.82 Å². The Labute approximate surface area is 84.7 Å². The van der Waals surface area contributed by atoms with Gasteiger partial charge in [0, 0.05) is 25.2 Å². The molecular formula is C10H18N4. The number of likely N-dealkylation sites (tertiary alicyclic amines) is 1. The molecule has 1 aromatic heterocycles. The van der Waals surface area contributed by atoms with Crippen LogP contribution in [0.5, 0.6) is 0 Å². The first-order chi connectivity index (χ1) is 6.68. The lowest BCUT2D eigenvalue weighted by molar-refractivity contribution is 0.261. The van der Waals surface area contributed by atoms with Gasteiger partial charge in [-0.05, 0) is 26.3 Å². The summed E-state index contributed by atoms with van der Waals surface area (Å²) in [6, 6.07) is 0.689. The summed E-state index contributed by atoms with van der Waals surface area (Å²) >= 11 is 0. The molecule has 1 saturated heterocycles. The number of hydrogen-bond donors (Lipinski definition) is 1. The SMILES string of the molecule is CC1CCCN1Cc1cnn(C)c1N. The highest BCUT2D eigenvalue weighted by molar-refractivity contribution is 5.38. The van der Waals surface area contributed by atoms with E-state index in [1.165, 1.54) is 19.4 Å². The lowest BCUT2D eigenvalue weighted by atomic mass is 10.2. The van der Waals surface area contributed by atoms with E-state index < -0.39 is 0 Å². The van der Waals surface area contributed by atoms with Gasteiger partial charge in [-0.1, -0.05) is 0 Å². The Morgan fingerprint density at radius 1 is 1.64 bits per heavy atom. The van der Waals surface area contributed by atoms with Crippen molar-refractivity contribution < 1.29 is 0 Å². The third-order valence-corrected chi connectivity index (χ3v) is 3.13. The van der Waals surface area contributed by atoms with Crippen LogP contribution in [0.15, 0.2) is 6.20 Å². The Morgan fingerprint density at radius 2 is 2.43 bits per heavy atom. The van der Waals surface area contributed by atoms with Crippen LogP contribution in [-0.4, -0.2) is 27.3 Å². The molecule has 14 heavy (non-hydrogen) atoms. The van der Waals surface area contributed by atoms with Crippen molar-refractivity contribution in [2.75, 3.05) is 12.3 Å². The molecule has 0 amide bonds. The molecule has 78 valence electrons. The molecule has 2 heterocycles. The number of hydrogen-bond acceptors (Lipinski definition) is 3. The van der Waals surface area contributed by atoms with E-state index in [0.29, 0.717) is 6.04 Å². The van der Waals surface area contributed by atoms with Crippen LogP contribution < -0.4 is 5.73 Å². The fraction of sp³-hybridized carbons (Fsp3) is 0.700. The number of aryl methyl sites for hydroxylation is 1. The first kappa shape index (κ1) is 9.52. The number of rotatable bonds is 2. The second-order valence-electron chi connectivity index (χ2n) is 4.14. The van der Waals surface area contributed by atoms with E-state index in [4.69, 9.17) is 5.73 Å². The van der Waals surface area contributed by atoms with Crippen molar-refractivity contribution >= 4 is 5.82 Å². The van der Waals surface area contributed by atoms with Crippen molar-refractivity contribution in [3.05, 3.63) is 11.8 Å². The molecule has 0 spiro atoms. The fourth-order valence-electron chi connectivity index (χ4n) is 2.06. The van der Waals surface area contributed by atoms with Gasteiger partial charge >= 0.3 is 0 Å². The third kappa shape index (κ3) is 1.62. The van der Waals surface area contributed by atoms with Crippen molar-refractivity contribution in [2.45, 2.75) is 32.4 Å². The number of aromatic nitrogens is 2. The average molecular weight is 194 g/mol. The van der Waals surface area contributed by atoms with Gasteiger partial charge in [-0.15, -0.1) is 0 Å². The predicted octanol–water partition coefficient (Wildman–Crippen LogP) is 0.987. The molecule has 1 aromatic rings. The van der Waals surface area contributed by atoms with Crippen molar-refractivity contribution in [3.8, 4) is 0 Å². The third-order valence-electron chi connectivity index (χ3n) is 3.13. The van der Waals surface area contributed by atoms with Crippen LogP contribution in [0.1, 0.15) is 25.3 Å². The van der Waals surface area contributed by atoms with E-state index in [1.807, 2.05) is 13.2 Å². The van der Waals surface area contributed by atoms with Gasteiger partial charge in [0.15, 0.2) is 0 Å². The largest absolute Gasteiger partial charge is 0.384 e. The van der Waals surface area contributed by atoms with Gasteiger partial charge in [0.25, 0.3) is 0 Å². The molecule has 1 aliphatic rings. The van der Waals surface area contributed by atoms with Crippen LogP contribution in [0.25, 0.3) is 0 Å². The summed E-state index contributed by atoms with van der Waals surface area (Å²) in [6.07, 6.45) is 4.49. The van der Waals surface area contributed by atoms with Crippen LogP contribution >= 0.6 is 0 Å². The van der Waals surface area contributed by atoms with Gasteiger partial charge < -0.3 is 5.73 Å². The van der Waals surface area contributed by atoms with E-state index in [2.05, 4.69) is 16.9 Å². The van der Waals surface area contributed by atoms with Gasteiger partial charge in [-0.2, -0.15) is 5.10 Å². The van der Waals surface area contributed by atoms with E-state index in [1.54, 1.807) is 4.68 Å². The molecular weight excluding hydrogens is 176 g/mol. The molecule has 1 atom stereocenters. The predicted molar refractivity (Wildman–Crippen MR) is 56.7 cm³/mol. The molecule has 1 fully saturated rings. The molecule has 0 aromatic carbocycles. The molecule has 0 saturated carbocycles. The molecule has 1 aliphatic heterocycles. The monoisotopic (exact) mass is 194 g/mol. The first-order valence-electron chi connectivity index (χ1n) is 5.19.